The van der Waals surface area contributed by atoms with Crippen LogP contribution in [0.5, 0.6) is 11.5 Å². The van der Waals surface area contributed by atoms with Gasteiger partial charge in [0.1, 0.15) is 28.0 Å². The molecule has 1 heterocycles. The van der Waals surface area contributed by atoms with Crippen molar-refractivity contribution in [2.24, 2.45) is 0 Å². The van der Waals surface area contributed by atoms with Gasteiger partial charge in [-0.3, -0.25) is 4.98 Å². The van der Waals surface area contributed by atoms with Crippen LogP contribution >= 0.6 is 11.6 Å². The Labute approximate surface area is 176 Å². The van der Waals surface area contributed by atoms with Gasteiger partial charge in [-0.2, -0.15) is 0 Å². The van der Waals surface area contributed by atoms with Crippen LogP contribution in [-0.2, 0) is 16.6 Å². The van der Waals surface area contributed by atoms with E-state index >= 15 is 0 Å². The maximum Gasteiger partial charge on any atom is 0.268 e. The molecule has 0 amide bonds. The largest absolute Gasteiger partial charge is 0.497 e. The molecule has 0 atom stereocenters. The molecule has 3 rings (SSSR count). The Morgan fingerprint density at radius 2 is 1.83 bits per heavy atom. The minimum atomic E-state index is -4.54. The van der Waals surface area contributed by atoms with Crippen LogP contribution in [0, 0.1) is 11.6 Å². The predicted octanol–water partition coefficient (Wildman–Crippen LogP) is 3.82. The van der Waals surface area contributed by atoms with Crippen molar-refractivity contribution in [3.8, 4) is 11.5 Å². The number of benzene rings is 2. The summed E-state index contributed by atoms with van der Waals surface area (Å²) in [6.07, 6.45) is 3.85. The van der Waals surface area contributed by atoms with Crippen molar-refractivity contribution >= 4 is 27.4 Å². The number of nitrogens with zero attached hydrogens (tertiary/aromatic N) is 3. The molecule has 1 aromatic heterocycles. The summed E-state index contributed by atoms with van der Waals surface area (Å²) in [6.45, 7) is -0.275. The molecule has 11 heteroatoms. The van der Waals surface area contributed by atoms with Gasteiger partial charge in [-0.25, -0.2) is 26.5 Å². The molecule has 0 aliphatic carbocycles. The first-order chi connectivity index (χ1) is 14.3. The van der Waals surface area contributed by atoms with Gasteiger partial charge in [0.15, 0.2) is 5.82 Å². The molecule has 158 valence electrons. The summed E-state index contributed by atoms with van der Waals surface area (Å²) in [5, 5.41) is -0.531. The van der Waals surface area contributed by atoms with Crippen molar-refractivity contribution in [2.75, 3.05) is 18.5 Å². The Kier molecular flexibility index (Phi) is 6.37. The zero-order chi connectivity index (χ0) is 21.9. The number of anilines is 1. The first-order valence-corrected chi connectivity index (χ1v) is 10.2. The number of rotatable bonds is 7. The Morgan fingerprint density at radius 1 is 1.07 bits per heavy atom. The highest BCUT2D eigenvalue weighted by Crippen LogP contribution is 2.32. The lowest BCUT2D eigenvalue weighted by Crippen LogP contribution is -2.32. The lowest BCUT2D eigenvalue weighted by molar-refractivity contribution is 0.391. The minimum Gasteiger partial charge on any atom is -0.497 e. The topological polar surface area (TPSA) is 81.6 Å². The molecule has 0 bridgehead atoms. The monoisotopic (exact) mass is 455 g/mol. The number of halogens is 3. The Bertz CT molecular complexity index is 1160. The normalized spacial score (nSPS) is 11.2. The first-order valence-electron chi connectivity index (χ1n) is 8.42. The van der Waals surface area contributed by atoms with E-state index in [9.17, 15) is 17.2 Å². The second-order valence-corrected chi connectivity index (χ2v) is 8.19. The molecule has 3 aromatic rings. The van der Waals surface area contributed by atoms with Crippen LogP contribution in [0.1, 0.15) is 5.56 Å². The molecular weight excluding hydrogens is 440 g/mol. The van der Waals surface area contributed by atoms with Crippen molar-refractivity contribution in [3.05, 3.63) is 71.1 Å². The molecule has 0 radical (unpaired) electrons. The van der Waals surface area contributed by atoms with Gasteiger partial charge in [-0.15, -0.1) is 0 Å². The molecule has 7 nitrogen and oxygen atoms in total. The van der Waals surface area contributed by atoms with Gasteiger partial charge in [-0.05, 0) is 18.2 Å². The van der Waals surface area contributed by atoms with Gasteiger partial charge in [0.05, 0.1) is 32.0 Å². The molecule has 0 saturated heterocycles. The fraction of sp³-hybridized carbons (Fsp3) is 0.158. The number of hydrogen-bond acceptors (Lipinski definition) is 6. The van der Waals surface area contributed by atoms with E-state index in [2.05, 4.69) is 9.97 Å². The average Bonchev–Trinajstić information content (AvgIpc) is 2.74. The third-order valence-corrected chi connectivity index (χ3v) is 6.21. The maximum atomic E-state index is 14.4. The van der Waals surface area contributed by atoms with Gasteiger partial charge in [0, 0.05) is 30.1 Å². The Morgan fingerprint density at radius 3 is 2.47 bits per heavy atom. The van der Waals surface area contributed by atoms with Crippen molar-refractivity contribution in [1.29, 1.82) is 0 Å². The van der Waals surface area contributed by atoms with Crippen molar-refractivity contribution in [1.82, 2.24) is 9.97 Å². The number of sulfonamides is 1. The summed E-state index contributed by atoms with van der Waals surface area (Å²) < 4.78 is 65.9. The molecule has 0 aliphatic heterocycles. The smallest absolute Gasteiger partial charge is 0.268 e. The second kappa shape index (κ2) is 8.80. The zero-order valence-electron chi connectivity index (χ0n) is 15.8. The lowest BCUT2D eigenvalue weighted by atomic mass is 10.2. The third kappa shape index (κ3) is 4.29. The average molecular weight is 456 g/mol. The molecule has 0 N–H and O–H groups in total. The minimum absolute atomic E-state index is 0.0739. The Balaban J connectivity index is 2.14. The quantitative estimate of drug-likeness (QED) is 0.504. The summed E-state index contributed by atoms with van der Waals surface area (Å²) in [5.74, 6) is -1.59. The SMILES string of the molecule is COc1ccc(CN(c2cnccn2)S(=O)(=O)c2cc(Cl)c(F)cc2F)c(OC)c1. The highest BCUT2D eigenvalue weighted by atomic mass is 35.5. The van der Waals surface area contributed by atoms with Gasteiger partial charge < -0.3 is 9.47 Å². The molecule has 0 unspecified atom stereocenters. The summed E-state index contributed by atoms with van der Waals surface area (Å²) in [5.41, 5.74) is 0.446. The lowest BCUT2D eigenvalue weighted by Gasteiger charge is -2.24. The van der Waals surface area contributed by atoms with Crippen molar-refractivity contribution in [2.45, 2.75) is 11.4 Å². The van der Waals surface area contributed by atoms with E-state index in [1.165, 1.54) is 32.8 Å². The van der Waals surface area contributed by atoms with E-state index in [0.29, 0.717) is 23.1 Å². The van der Waals surface area contributed by atoms with Crippen LogP contribution in [0.4, 0.5) is 14.6 Å². The fourth-order valence-electron chi connectivity index (χ4n) is 2.67. The van der Waals surface area contributed by atoms with Crippen LogP contribution in [-0.4, -0.2) is 32.6 Å². The summed E-state index contributed by atoms with van der Waals surface area (Å²) in [6, 6.07) is 5.93. The zero-order valence-corrected chi connectivity index (χ0v) is 17.4. The van der Waals surface area contributed by atoms with E-state index < -0.39 is 31.6 Å². The summed E-state index contributed by atoms with van der Waals surface area (Å²) in [7, 11) is -1.65. The van der Waals surface area contributed by atoms with Crippen LogP contribution < -0.4 is 13.8 Å². The molecular formula is C19H16ClF2N3O4S. The van der Waals surface area contributed by atoms with Gasteiger partial charge in [0.25, 0.3) is 10.0 Å². The van der Waals surface area contributed by atoms with Gasteiger partial charge >= 0.3 is 0 Å². The van der Waals surface area contributed by atoms with E-state index in [0.717, 1.165) is 10.4 Å². The maximum absolute atomic E-state index is 14.4. The van der Waals surface area contributed by atoms with E-state index in [-0.39, 0.29) is 12.4 Å². The van der Waals surface area contributed by atoms with Crippen LogP contribution in [0.3, 0.4) is 0 Å². The number of ether oxygens (including phenoxy) is 2. The van der Waals surface area contributed by atoms with Crippen molar-refractivity contribution in [3.63, 3.8) is 0 Å². The van der Waals surface area contributed by atoms with Gasteiger partial charge in [0.2, 0.25) is 0 Å². The third-order valence-electron chi connectivity index (χ3n) is 4.16. The number of aromatic nitrogens is 2. The van der Waals surface area contributed by atoms with Crippen molar-refractivity contribution < 1.29 is 26.7 Å². The first kappa shape index (κ1) is 21.7. The van der Waals surface area contributed by atoms with E-state index in [1.807, 2.05) is 0 Å². The van der Waals surface area contributed by atoms with Gasteiger partial charge in [-0.1, -0.05) is 11.6 Å². The molecule has 0 spiro atoms. The summed E-state index contributed by atoms with van der Waals surface area (Å²) >= 11 is 5.70. The molecule has 0 fully saturated rings. The predicted molar refractivity (Wildman–Crippen MR) is 106 cm³/mol. The van der Waals surface area contributed by atoms with Crippen LogP contribution in [0.15, 0.2) is 53.8 Å². The summed E-state index contributed by atoms with van der Waals surface area (Å²) in [4.78, 5) is 7.09. The molecule has 0 aliphatic rings. The number of methoxy groups -OCH3 is 2. The highest BCUT2D eigenvalue weighted by Gasteiger charge is 2.31. The van der Waals surface area contributed by atoms with Crippen LogP contribution in [0.25, 0.3) is 0 Å². The fourth-order valence-corrected chi connectivity index (χ4v) is 4.35. The molecule has 0 saturated carbocycles. The highest BCUT2D eigenvalue weighted by molar-refractivity contribution is 7.92. The van der Waals surface area contributed by atoms with E-state index in [1.54, 1.807) is 18.2 Å². The molecule has 30 heavy (non-hydrogen) atoms. The molecule has 2 aromatic carbocycles. The van der Waals surface area contributed by atoms with Crippen LogP contribution in [0.2, 0.25) is 5.02 Å². The Hall–Kier alpha value is -2.98. The number of hydrogen-bond donors (Lipinski definition) is 0. The second-order valence-electron chi connectivity index (χ2n) is 5.95. The van der Waals surface area contributed by atoms with E-state index in [4.69, 9.17) is 21.1 Å². The standard InChI is InChI=1S/C19H16ClF2N3O4S/c1-28-13-4-3-12(17(7-13)29-2)11-25(19-10-23-5-6-24-19)30(26,27)18-8-14(20)15(21)9-16(18)22/h3-10H,11H2,1-2H3.